The molecule has 13 heteroatoms. The molecule has 9 nitrogen and oxygen atoms in total. The normalized spacial score (nSPS) is 16.3. The maximum absolute atomic E-state index is 13.6. The number of carbonyl (C=O) groups excluding carboxylic acids is 1. The first-order valence-corrected chi connectivity index (χ1v) is 15.3. The van der Waals surface area contributed by atoms with Crippen LogP contribution < -0.4 is 4.72 Å². The van der Waals surface area contributed by atoms with Crippen molar-refractivity contribution in [3.05, 3.63) is 106 Å². The van der Waals surface area contributed by atoms with Gasteiger partial charge in [0.25, 0.3) is 5.91 Å². The average molecular weight is 626 g/mol. The SMILES string of the molecule is O=C(O)c1c(CCc2ccc(C(F)(F)F)cc2)nc2c(c1-c1ccc(S(=O)(=O)NCc3ccco3)cc1)C(=O)N1CCC[C@@H]21. The summed E-state index contributed by atoms with van der Waals surface area (Å²) in [5.74, 6) is -1.24. The van der Waals surface area contributed by atoms with E-state index < -0.39 is 27.7 Å². The molecule has 6 rings (SSSR count). The zero-order valence-electron chi connectivity index (χ0n) is 23.1. The summed E-state index contributed by atoms with van der Waals surface area (Å²) in [4.78, 5) is 32.6. The fourth-order valence-electron chi connectivity index (χ4n) is 5.84. The molecule has 1 atom stereocenters. The van der Waals surface area contributed by atoms with Gasteiger partial charge in [0.15, 0.2) is 0 Å². The number of fused-ring (bicyclic) bond motifs is 3. The molecule has 2 aliphatic heterocycles. The van der Waals surface area contributed by atoms with Crippen LogP contribution in [0.3, 0.4) is 0 Å². The highest BCUT2D eigenvalue weighted by molar-refractivity contribution is 7.89. The van der Waals surface area contributed by atoms with E-state index in [0.29, 0.717) is 35.5 Å². The number of rotatable bonds is 9. The molecule has 2 aromatic heterocycles. The largest absolute Gasteiger partial charge is 0.478 e. The van der Waals surface area contributed by atoms with E-state index in [1.807, 2.05) is 0 Å². The highest BCUT2D eigenvalue weighted by Crippen LogP contribution is 2.45. The second kappa shape index (κ2) is 11.2. The molecule has 1 fully saturated rings. The molecule has 0 unspecified atom stereocenters. The van der Waals surface area contributed by atoms with Gasteiger partial charge in [0.05, 0.1) is 51.8 Å². The van der Waals surface area contributed by atoms with Crippen molar-refractivity contribution in [2.24, 2.45) is 0 Å². The standard InChI is InChI=1S/C31H26F3N3O6S/c32-31(33,34)20-10-5-18(6-11-20)7-14-23-26(30(39)40)25(27-28(36-23)24-4-1-15-37(24)29(27)38)19-8-12-22(13-9-19)44(41,42)35-17-21-3-2-16-43-21/h2-3,5-6,8-13,16,24,35H,1,4,7,14-15,17H2,(H,39,40)/t24-/m0/s1. The fraction of sp³-hybridized carbons (Fsp3) is 0.258. The lowest BCUT2D eigenvalue weighted by atomic mass is 9.90. The number of pyridine rings is 1. The van der Waals surface area contributed by atoms with E-state index in [-0.39, 0.29) is 58.6 Å². The maximum Gasteiger partial charge on any atom is 0.416 e. The van der Waals surface area contributed by atoms with Crippen LogP contribution in [0.25, 0.3) is 11.1 Å². The average Bonchev–Trinajstić information content (AvgIpc) is 3.74. The van der Waals surface area contributed by atoms with Crippen molar-refractivity contribution < 1.29 is 40.7 Å². The Morgan fingerprint density at radius 3 is 2.41 bits per heavy atom. The Kier molecular flexibility index (Phi) is 7.54. The van der Waals surface area contributed by atoms with Gasteiger partial charge < -0.3 is 14.4 Å². The Hall–Kier alpha value is -4.49. The smallest absolute Gasteiger partial charge is 0.416 e. The lowest BCUT2D eigenvalue weighted by Gasteiger charge is -2.17. The molecule has 2 aromatic carbocycles. The van der Waals surface area contributed by atoms with Crippen LogP contribution in [0.4, 0.5) is 13.2 Å². The molecule has 228 valence electrons. The quantitative estimate of drug-likeness (QED) is 0.247. The van der Waals surface area contributed by atoms with Crippen molar-refractivity contribution in [2.75, 3.05) is 6.54 Å². The van der Waals surface area contributed by atoms with Gasteiger partial charge in [0, 0.05) is 12.1 Å². The van der Waals surface area contributed by atoms with Gasteiger partial charge in [0.1, 0.15) is 5.76 Å². The highest BCUT2D eigenvalue weighted by Gasteiger charge is 2.44. The number of aryl methyl sites for hydroxylation is 2. The summed E-state index contributed by atoms with van der Waals surface area (Å²) in [7, 11) is -3.94. The lowest BCUT2D eigenvalue weighted by molar-refractivity contribution is -0.137. The highest BCUT2D eigenvalue weighted by atomic mass is 32.2. The van der Waals surface area contributed by atoms with Crippen LogP contribution in [-0.2, 0) is 35.6 Å². The molecule has 0 aliphatic carbocycles. The van der Waals surface area contributed by atoms with Crippen molar-refractivity contribution in [3.8, 4) is 11.1 Å². The first-order chi connectivity index (χ1) is 20.9. The molecule has 0 bridgehead atoms. The number of nitrogens with one attached hydrogen (secondary N) is 1. The third kappa shape index (κ3) is 5.48. The topological polar surface area (TPSA) is 130 Å². The molecule has 1 saturated heterocycles. The number of carboxylic acid groups (broad SMARTS) is 1. The summed E-state index contributed by atoms with van der Waals surface area (Å²) in [6.07, 6.45) is -1.31. The number of alkyl halides is 3. The minimum absolute atomic E-state index is 0.0634. The Morgan fingerprint density at radius 1 is 1.05 bits per heavy atom. The zero-order valence-corrected chi connectivity index (χ0v) is 23.9. The number of nitrogens with zero attached hydrogens (tertiary/aromatic N) is 2. The van der Waals surface area contributed by atoms with Gasteiger partial charge in [-0.25, -0.2) is 17.9 Å². The second-order valence-corrected chi connectivity index (χ2v) is 12.4. The zero-order chi connectivity index (χ0) is 31.2. The number of sulfonamides is 1. The second-order valence-electron chi connectivity index (χ2n) is 10.7. The number of benzene rings is 2. The molecule has 44 heavy (non-hydrogen) atoms. The molecule has 4 aromatic rings. The van der Waals surface area contributed by atoms with E-state index in [1.165, 1.54) is 42.7 Å². The first-order valence-electron chi connectivity index (χ1n) is 13.8. The van der Waals surface area contributed by atoms with Crippen LogP contribution in [0.5, 0.6) is 0 Å². The lowest BCUT2D eigenvalue weighted by Crippen LogP contribution is -2.23. The van der Waals surface area contributed by atoms with Gasteiger partial charge >= 0.3 is 12.1 Å². The predicted molar refractivity (Wildman–Crippen MR) is 151 cm³/mol. The van der Waals surface area contributed by atoms with E-state index in [4.69, 9.17) is 9.40 Å². The molecule has 1 amide bonds. The van der Waals surface area contributed by atoms with Crippen molar-refractivity contribution in [2.45, 2.75) is 49.3 Å². The number of aromatic nitrogens is 1. The van der Waals surface area contributed by atoms with Crippen LogP contribution >= 0.6 is 0 Å². The van der Waals surface area contributed by atoms with Gasteiger partial charge in [-0.15, -0.1) is 0 Å². The van der Waals surface area contributed by atoms with Crippen molar-refractivity contribution in [1.29, 1.82) is 0 Å². The van der Waals surface area contributed by atoms with Crippen LogP contribution in [0.2, 0.25) is 0 Å². The Labute approximate surface area is 250 Å². The van der Waals surface area contributed by atoms with E-state index in [9.17, 15) is 36.3 Å². The minimum Gasteiger partial charge on any atom is -0.478 e. The Bertz CT molecular complexity index is 1840. The molecule has 2 N–H and O–H groups in total. The van der Waals surface area contributed by atoms with Crippen LogP contribution in [-0.4, -0.2) is 41.8 Å². The number of aromatic carboxylic acids is 1. The number of hydrogen-bond donors (Lipinski definition) is 2. The summed E-state index contributed by atoms with van der Waals surface area (Å²) < 4.78 is 72.5. The molecule has 0 radical (unpaired) electrons. The van der Waals surface area contributed by atoms with Gasteiger partial charge in [-0.2, -0.15) is 13.2 Å². The third-order valence-corrected chi connectivity index (χ3v) is 9.38. The van der Waals surface area contributed by atoms with Crippen LogP contribution in [0.1, 0.15) is 67.9 Å². The first kappa shape index (κ1) is 29.6. The van der Waals surface area contributed by atoms with Gasteiger partial charge in [-0.3, -0.25) is 9.78 Å². The number of halogens is 3. The Balaban J connectivity index is 1.38. The molecule has 0 spiro atoms. The summed E-state index contributed by atoms with van der Waals surface area (Å²) >= 11 is 0. The van der Waals surface area contributed by atoms with Gasteiger partial charge in [0.2, 0.25) is 10.0 Å². The third-order valence-electron chi connectivity index (χ3n) is 7.96. The van der Waals surface area contributed by atoms with Gasteiger partial charge in [-0.05, 0) is 73.2 Å². The minimum atomic E-state index is -4.48. The molecular formula is C31H26F3N3O6S. The predicted octanol–water partition coefficient (Wildman–Crippen LogP) is 5.61. The monoisotopic (exact) mass is 625 g/mol. The molecule has 0 saturated carbocycles. The number of carboxylic acids is 1. The van der Waals surface area contributed by atoms with Crippen LogP contribution in [0, 0.1) is 0 Å². The number of amides is 1. The van der Waals surface area contributed by atoms with E-state index in [2.05, 4.69) is 4.72 Å². The number of hydrogen-bond acceptors (Lipinski definition) is 6. The summed E-state index contributed by atoms with van der Waals surface area (Å²) in [5, 5.41) is 10.4. The maximum atomic E-state index is 13.6. The fourth-order valence-corrected chi connectivity index (χ4v) is 6.83. The molecule has 2 aliphatic rings. The van der Waals surface area contributed by atoms with E-state index >= 15 is 0 Å². The van der Waals surface area contributed by atoms with Crippen molar-refractivity contribution >= 4 is 21.9 Å². The van der Waals surface area contributed by atoms with E-state index in [1.54, 1.807) is 17.0 Å². The van der Waals surface area contributed by atoms with Gasteiger partial charge in [-0.1, -0.05) is 24.3 Å². The summed E-state index contributed by atoms with van der Waals surface area (Å²) in [6, 6.07) is 13.2. The summed E-state index contributed by atoms with van der Waals surface area (Å²) in [6.45, 7) is 0.438. The van der Waals surface area contributed by atoms with E-state index in [0.717, 1.165) is 18.6 Å². The van der Waals surface area contributed by atoms with Crippen LogP contribution in [0.15, 0.2) is 76.2 Å². The molecular weight excluding hydrogens is 599 g/mol. The van der Waals surface area contributed by atoms with Crippen molar-refractivity contribution in [3.63, 3.8) is 0 Å². The number of furan rings is 1. The Morgan fingerprint density at radius 2 is 1.77 bits per heavy atom. The summed E-state index contributed by atoms with van der Waals surface area (Å²) in [5.41, 5.74) is 0.901. The van der Waals surface area contributed by atoms with Crippen molar-refractivity contribution in [1.82, 2.24) is 14.6 Å². The number of carbonyl (C=O) groups is 2. The molecule has 4 heterocycles.